The van der Waals surface area contributed by atoms with E-state index in [1.165, 1.54) is 24.9 Å². The first-order chi connectivity index (χ1) is 8.76. The highest BCUT2D eigenvalue weighted by molar-refractivity contribution is 5.48. The Bertz CT molecular complexity index is 403. The monoisotopic (exact) mass is 246 g/mol. The molecule has 0 amide bonds. The largest absolute Gasteiger partial charge is 0.497 e. The Morgan fingerprint density at radius 3 is 2.61 bits per heavy atom. The first kappa shape index (κ1) is 11.8. The van der Waals surface area contributed by atoms with Gasteiger partial charge >= 0.3 is 0 Å². The van der Waals surface area contributed by atoms with E-state index in [4.69, 9.17) is 4.74 Å². The molecule has 3 atom stereocenters. The molecule has 3 rings (SSSR count). The van der Waals surface area contributed by atoms with Gasteiger partial charge in [0.05, 0.1) is 7.11 Å². The summed E-state index contributed by atoms with van der Waals surface area (Å²) in [6.45, 7) is 1.15. The maximum absolute atomic E-state index is 5.19. The lowest BCUT2D eigenvalue weighted by Crippen LogP contribution is -2.32. The summed E-state index contributed by atoms with van der Waals surface area (Å²) in [4.78, 5) is 2.37. The van der Waals surface area contributed by atoms with Gasteiger partial charge in [-0.3, -0.25) is 0 Å². The van der Waals surface area contributed by atoms with Crippen LogP contribution in [-0.4, -0.2) is 32.8 Å². The van der Waals surface area contributed by atoms with Gasteiger partial charge in [0.25, 0.3) is 0 Å². The third kappa shape index (κ3) is 2.19. The van der Waals surface area contributed by atoms with Crippen molar-refractivity contribution in [3.05, 3.63) is 24.3 Å². The SMILES string of the molecule is COc1ccc(N(C)CC2CC3CCC2N3)cc1. The van der Waals surface area contributed by atoms with Crippen molar-refractivity contribution >= 4 is 5.69 Å². The quantitative estimate of drug-likeness (QED) is 0.882. The van der Waals surface area contributed by atoms with Gasteiger partial charge in [-0.15, -0.1) is 0 Å². The first-order valence-corrected chi connectivity index (χ1v) is 6.87. The highest BCUT2D eigenvalue weighted by Gasteiger charge is 2.39. The van der Waals surface area contributed by atoms with Crippen LogP contribution in [0.25, 0.3) is 0 Å². The number of hydrogen-bond donors (Lipinski definition) is 1. The molecular weight excluding hydrogens is 224 g/mol. The third-order valence-electron chi connectivity index (χ3n) is 4.45. The van der Waals surface area contributed by atoms with Crippen LogP contribution in [-0.2, 0) is 0 Å². The van der Waals surface area contributed by atoms with Crippen molar-refractivity contribution in [3.8, 4) is 5.75 Å². The Morgan fingerprint density at radius 2 is 2.06 bits per heavy atom. The average molecular weight is 246 g/mol. The third-order valence-corrected chi connectivity index (χ3v) is 4.45. The highest BCUT2D eigenvalue weighted by Crippen LogP contribution is 2.34. The maximum atomic E-state index is 5.19. The molecule has 2 heterocycles. The summed E-state index contributed by atoms with van der Waals surface area (Å²) in [5.74, 6) is 1.74. The minimum absolute atomic E-state index is 0.760. The molecule has 0 saturated carbocycles. The average Bonchev–Trinajstić information content (AvgIpc) is 3.01. The molecule has 3 nitrogen and oxygen atoms in total. The van der Waals surface area contributed by atoms with Crippen LogP contribution in [0, 0.1) is 5.92 Å². The molecule has 0 aliphatic carbocycles. The van der Waals surface area contributed by atoms with Gasteiger partial charge in [0.15, 0.2) is 0 Å². The fourth-order valence-electron chi connectivity index (χ4n) is 3.43. The van der Waals surface area contributed by atoms with Crippen LogP contribution in [0.2, 0.25) is 0 Å². The van der Waals surface area contributed by atoms with E-state index in [2.05, 4.69) is 29.4 Å². The fraction of sp³-hybridized carbons (Fsp3) is 0.600. The van der Waals surface area contributed by atoms with E-state index in [9.17, 15) is 0 Å². The maximum Gasteiger partial charge on any atom is 0.119 e. The smallest absolute Gasteiger partial charge is 0.119 e. The van der Waals surface area contributed by atoms with E-state index in [1.54, 1.807) is 7.11 Å². The molecule has 18 heavy (non-hydrogen) atoms. The van der Waals surface area contributed by atoms with E-state index < -0.39 is 0 Å². The molecule has 0 radical (unpaired) electrons. The minimum atomic E-state index is 0.760. The number of fused-ring (bicyclic) bond motifs is 2. The number of hydrogen-bond acceptors (Lipinski definition) is 3. The fourth-order valence-corrected chi connectivity index (χ4v) is 3.43. The van der Waals surface area contributed by atoms with Crippen molar-refractivity contribution < 1.29 is 4.74 Å². The van der Waals surface area contributed by atoms with E-state index in [0.717, 1.165) is 30.3 Å². The van der Waals surface area contributed by atoms with Crippen molar-refractivity contribution in [3.63, 3.8) is 0 Å². The summed E-state index contributed by atoms with van der Waals surface area (Å²) in [7, 11) is 3.90. The van der Waals surface area contributed by atoms with Crippen molar-refractivity contribution in [1.29, 1.82) is 0 Å². The molecule has 2 bridgehead atoms. The standard InChI is InChI=1S/C15H22N2O/c1-17(13-4-6-14(18-2)7-5-13)10-11-9-12-3-8-15(11)16-12/h4-7,11-12,15-16H,3,8-10H2,1-2H3. The van der Waals surface area contributed by atoms with Crippen LogP contribution >= 0.6 is 0 Å². The topological polar surface area (TPSA) is 24.5 Å². The lowest BCUT2D eigenvalue weighted by molar-refractivity contribution is 0.408. The molecule has 2 aliphatic rings. The minimum Gasteiger partial charge on any atom is -0.497 e. The molecule has 3 heteroatoms. The van der Waals surface area contributed by atoms with Crippen molar-refractivity contribution in [2.75, 3.05) is 25.6 Å². The molecule has 2 aliphatic heterocycles. The van der Waals surface area contributed by atoms with E-state index >= 15 is 0 Å². The second-order valence-electron chi connectivity index (χ2n) is 5.62. The van der Waals surface area contributed by atoms with Crippen LogP contribution in [0.4, 0.5) is 5.69 Å². The molecule has 2 saturated heterocycles. The Kier molecular flexibility index (Phi) is 3.16. The predicted octanol–water partition coefficient (Wildman–Crippen LogP) is 2.27. The van der Waals surface area contributed by atoms with Crippen LogP contribution in [0.15, 0.2) is 24.3 Å². The molecule has 3 unspecified atom stereocenters. The van der Waals surface area contributed by atoms with Gasteiger partial charge in [-0.2, -0.15) is 0 Å². The van der Waals surface area contributed by atoms with Gasteiger partial charge in [-0.25, -0.2) is 0 Å². The zero-order valence-electron chi connectivity index (χ0n) is 11.2. The normalized spacial score (nSPS) is 29.6. The van der Waals surface area contributed by atoms with E-state index in [1.807, 2.05) is 12.1 Å². The number of anilines is 1. The molecule has 2 fully saturated rings. The molecule has 1 aromatic rings. The Hall–Kier alpha value is -1.22. The number of rotatable bonds is 4. The molecule has 0 aromatic heterocycles. The molecular formula is C15H22N2O. The zero-order chi connectivity index (χ0) is 12.5. The summed E-state index contributed by atoms with van der Waals surface area (Å²) in [6.07, 6.45) is 4.10. The zero-order valence-corrected chi connectivity index (χ0v) is 11.2. The summed E-state index contributed by atoms with van der Waals surface area (Å²) < 4.78 is 5.19. The summed E-state index contributed by atoms with van der Waals surface area (Å²) in [6, 6.07) is 9.90. The first-order valence-electron chi connectivity index (χ1n) is 6.87. The summed E-state index contributed by atoms with van der Waals surface area (Å²) >= 11 is 0. The van der Waals surface area contributed by atoms with E-state index in [0.29, 0.717) is 0 Å². The number of nitrogens with zero attached hydrogens (tertiary/aromatic N) is 1. The molecule has 1 aromatic carbocycles. The van der Waals surface area contributed by atoms with Gasteiger partial charge in [0.2, 0.25) is 0 Å². The summed E-state index contributed by atoms with van der Waals surface area (Å²) in [5.41, 5.74) is 1.28. The predicted molar refractivity (Wildman–Crippen MR) is 74.3 cm³/mol. The van der Waals surface area contributed by atoms with Crippen molar-refractivity contribution in [2.45, 2.75) is 31.3 Å². The molecule has 98 valence electrons. The lowest BCUT2D eigenvalue weighted by Gasteiger charge is -2.27. The van der Waals surface area contributed by atoms with Crippen LogP contribution in [0.1, 0.15) is 19.3 Å². The Labute approximate surface area is 109 Å². The number of methoxy groups -OCH3 is 1. The lowest BCUT2D eigenvalue weighted by atomic mass is 9.89. The van der Waals surface area contributed by atoms with Crippen LogP contribution < -0.4 is 15.0 Å². The second-order valence-corrected chi connectivity index (χ2v) is 5.62. The van der Waals surface area contributed by atoms with Gasteiger partial charge in [-0.1, -0.05) is 0 Å². The van der Waals surface area contributed by atoms with Crippen LogP contribution in [0.3, 0.4) is 0 Å². The van der Waals surface area contributed by atoms with Crippen molar-refractivity contribution in [2.24, 2.45) is 5.92 Å². The number of ether oxygens (including phenoxy) is 1. The highest BCUT2D eigenvalue weighted by atomic mass is 16.5. The van der Waals surface area contributed by atoms with Crippen LogP contribution in [0.5, 0.6) is 5.75 Å². The number of benzene rings is 1. The van der Waals surface area contributed by atoms with Gasteiger partial charge in [0, 0.05) is 31.4 Å². The Morgan fingerprint density at radius 1 is 1.28 bits per heavy atom. The van der Waals surface area contributed by atoms with E-state index in [-0.39, 0.29) is 0 Å². The number of nitrogens with one attached hydrogen (secondary N) is 1. The molecule has 1 N–H and O–H groups in total. The van der Waals surface area contributed by atoms with Gasteiger partial charge < -0.3 is 15.0 Å². The Balaban J connectivity index is 1.62. The van der Waals surface area contributed by atoms with Gasteiger partial charge in [-0.05, 0) is 49.4 Å². The van der Waals surface area contributed by atoms with Crippen molar-refractivity contribution in [1.82, 2.24) is 5.32 Å². The molecule has 0 spiro atoms. The van der Waals surface area contributed by atoms with Gasteiger partial charge in [0.1, 0.15) is 5.75 Å². The second kappa shape index (κ2) is 4.81. The summed E-state index contributed by atoms with van der Waals surface area (Å²) in [5, 5.41) is 3.71.